The Labute approximate surface area is 128 Å². The first-order valence-electron chi connectivity index (χ1n) is 6.84. The fourth-order valence-electron chi connectivity index (χ4n) is 2.38. The minimum Gasteiger partial charge on any atom is -0.477 e. The molecule has 0 bridgehead atoms. The molecule has 2 N–H and O–H groups in total. The Morgan fingerprint density at radius 2 is 2.29 bits per heavy atom. The van der Waals surface area contributed by atoms with Crippen molar-refractivity contribution in [3.63, 3.8) is 0 Å². The minimum absolute atomic E-state index is 0.0870. The fourth-order valence-corrected chi connectivity index (χ4v) is 5.05. The molecule has 1 unspecified atom stereocenters. The molecule has 2 heterocycles. The molecule has 0 radical (unpaired) electrons. The van der Waals surface area contributed by atoms with Gasteiger partial charge in [0.1, 0.15) is 9.77 Å². The van der Waals surface area contributed by atoms with Crippen molar-refractivity contribution < 1.29 is 23.1 Å². The van der Waals surface area contributed by atoms with Crippen LogP contribution in [-0.4, -0.2) is 38.7 Å². The Hall–Kier alpha value is -0.960. The molecule has 0 aromatic carbocycles. The van der Waals surface area contributed by atoms with Crippen molar-refractivity contribution in [1.82, 2.24) is 4.72 Å². The molecule has 6 nitrogen and oxygen atoms in total. The maximum Gasteiger partial charge on any atom is 0.347 e. The summed E-state index contributed by atoms with van der Waals surface area (Å²) in [4.78, 5) is 10.8. The number of rotatable bonds is 6. The van der Waals surface area contributed by atoms with Gasteiger partial charge >= 0.3 is 5.97 Å². The summed E-state index contributed by atoms with van der Waals surface area (Å²) >= 11 is 0.929. The number of aryl methyl sites for hydroxylation is 1. The number of aromatic carboxylic acids is 1. The SMILES string of the molecule is Cc1csc(C(=O)O)c1S(=O)(=O)NCCC1CCCCO1. The quantitative estimate of drug-likeness (QED) is 0.830. The smallest absolute Gasteiger partial charge is 0.347 e. The second-order valence-corrected chi connectivity index (χ2v) is 7.64. The van der Waals surface area contributed by atoms with Gasteiger partial charge in [-0.25, -0.2) is 17.9 Å². The van der Waals surface area contributed by atoms with Crippen LogP contribution in [-0.2, 0) is 14.8 Å². The summed E-state index contributed by atoms with van der Waals surface area (Å²) in [7, 11) is -3.80. The summed E-state index contributed by atoms with van der Waals surface area (Å²) in [5.74, 6) is -1.22. The van der Waals surface area contributed by atoms with Crippen molar-refractivity contribution in [3.05, 3.63) is 15.8 Å². The summed E-state index contributed by atoms with van der Waals surface area (Å²) in [5, 5.41) is 10.6. The molecule has 0 aliphatic carbocycles. The van der Waals surface area contributed by atoms with Crippen LogP contribution in [0.2, 0.25) is 0 Å². The molecule has 1 atom stereocenters. The van der Waals surface area contributed by atoms with Crippen molar-refractivity contribution in [3.8, 4) is 0 Å². The monoisotopic (exact) mass is 333 g/mol. The highest BCUT2D eigenvalue weighted by Crippen LogP contribution is 2.26. The van der Waals surface area contributed by atoms with Crippen LogP contribution < -0.4 is 4.72 Å². The van der Waals surface area contributed by atoms with Crippen LogP contribution in [0.1, 0.15) is 40.9 Å². The number of sulfonamides is 1. The Bertz CT molecular complexity index is 602. The second-order valence-electron chi connectivity index (χ2n) is 5.06. The van der Waals surface area contributed by atoms with Crippen molar-refractivity contribution >= 4 is 27.3 Å². The number of nitrogens with one attached hydrogen (secondary N) is 1. The minimum atomic E-state index is -3.80. The van der Waals surface area contributed by atoms with Gasteiger partial charge < -0.3 is 9.84 Å². The van der Waals surface area contributed by atoms with Gasteiger partial charge in [-0.15, -0.1) is 11.3 Å². The molecule has 1 fully saturated rings. The lowest BCUT2D eigenvalue weighted by Gasteiger charge is -2.22. The Morgan fingerprint density at radius 3 is 2.90 bits per heavy atom. The van der Waals surface area contributed by atoms with Crippen LogP contribution in [0.15, 0.2) is 10.3 Å². The van der Waals surface area contributed by atoms with Crippen LogP contribution in [0.25, 0.3) is 0 Å². The molecule has 118 valence electrons. The van der Waals surface area contributed by atoms with E-state index >= 15 is 0 Å². The normalized spacial score (nSPS) is 19.6. The van der Waals surface area contributed by atoms with Crippen molar-refractivity contribution in [2.24, 2.45) is 0 Å². The molecule has 8 heteroatoms. The topological polar surface area (TPSA) is 92.7 Å². The van der Waals surface area contributed by atoms with Crippen LogP contribution in [0.3, 0.4) is 0 Å². The van der Waals surface area contributed by atoms with Crippen LogP contribution in [0, 0.1) is 6.92 Å². The molecule has 0 amide bonds. The second kappa shape index (κ2) is 6.87. The lowest BCUT2D eigenvalue weighted by atomic mass is 10.1. The zero-order valence-corrected chi connectivity index (χ0v) is 13.4. The third-order valence-electron chi connectivity index (χ3n) is 3.41. The van der Waals surface area contributed by atoms with E-state index in [-0.39, 0.29) is 22.4 Å². The molecule has 21 heavy (non-hydrogen) atoms. The van der Waals surface area contributed by atoms with Gasteiger partial charge in [-0.2, -0.15) is 0 Å². The lowest BCUT2D eigenvalue weighted by molar-refractivity contribution is 0.0123. The van der Waals surface area contributed by atoms with E-state index in [0.29, 0.717) is 12.0 Å². The van der Waals surface area contributed by atoms with Gasteiger partial charge in [-0.05, 0) is 43.6 Å². The third-order valence-corrected chi connectivity index (χ3v) is 6.28. The average molecular weight is 333 g/mol. The molecule has 0 spiro atoms. The number of carboxylic acids is 1. The van der Waals surface area contributed by atoms with Gasteiger partial charge in [-0.3, -0.25) is 0 Å². The molecule has 1 aliphatic heterocycles. The summed E-state index contributed by atoms with van der Waals surface area (Å²) in [6.07, 6.45) is 3.79. The van der Waals surface area contributed by atoms with Gasteiger partial charge in [0, 0.05) is 13.2 Å². The van der Waals surface area contributed by atoms with Gasteiger partial charge in [0.15, 0.2) is 0 Å². The highest BCUT2D eigenvalue weighted by atomic mass is 32.2. The third kappa shape index (κ3) is 4.03. The average Bonchev–Trinajstić information content (AvgIpc) is 2.83. The Balaban J connectivity index is 2.01. The van der Waals surface area contributed by atoms with Crippen LogP contribution in [0.4, 0.5) is 0 Å². The molecule has 1 saturated heterocycles. The molecular formula is C13H19NO5S2. The van der Waals surface area contributed by atoms with Crippen molar-refractivity contribution in [2.45, 2.75) is 43.6 Å². The zero-order valence-electron chi connectivity index (χ0n) is 11.8. The Kier molecular flexibility index (Phi) is 5.37. The molecule has 0 saturated carbocycles. The van der Waals surface area contributed by atoms with E-state index < -0.39 is 16.0 Å². The van der Waals surface area contributed by atoms with E-state index in [1.165, 1.54) is 0 Å². The van der Waals surface area contributed by atoms with Gasteiger partial charge in [0.2, 0.25) is 10.0 Å². The molecule has 1 aliphatic rings. The first kappa shape index (κ1) is 16.4. The van der Waals surface area contributed by atoms with E-state index in [4.69, 9.17) is 9.84 Å². The summed E-state index contributed by atoms with van der Waals surface area (Å²) in [5.41, 5.74) is 0.457. The summed E-state index contributed by atoms with van der Waals surface area (Å²) < 4.78 is 32.6. The number of ether oxygens (including phenoxy) is 1. The van der Waals surface area contributed by atoms with Gasteiger partial charge in [-0.1, -0.05) is 0 Å². The Morgan fingerprint density at radius 1 is 1.52 bits per heavy atom. The predicted octanol–water partition coefficient (Wildman–Crippen LogP) is 1.99. The summed E-state index contributed by atoms with van der Waals surface area (Å²) in [6.45, 7) is 2.58. The highest BCUT2D eigenvalue weighted by Gasteiger charge is 2.26. The fraction of sp³-hybridized carbons (Fsp3) is 0.615. The van der Waals surface area contributed by atoms with E-state index in [1.54, 1.807) is 12.3 Å². The lowest BCUT2D eigenvalue weighted by Crippen LogP contribution is -2.30. The number of hydrogen-bond acceptors (Lipinski definition) is 5. The van der Waals surface area contributed by atoms with E-state index in [9.17, 15) is 13.2 Å². The van der Waals surface area contributed by atoms with Crippen molar-refractivity contribution in [2.75, 3.05) is 13.2 Å². The number of hydrogen-bond donors (Lipinski definition) is 2. The number of carboxylic acid groups (broad SMARTS) is 1. The summed E-state index contributed by atoms with van der Waals surface area (Å²) in [6, 6.07) is 0. The molecular weight excluding hydrogens is 314 g/mol. The zero-order chi connectivity index (χ0) is 15.5. The van der Waals surface area contributed by atoms with Crippen molar-refractivity contribution in [1.29, 1.82) is 0 Å². The maximum absolute atomic E-state index is 12.3. The van der Waals surface area contributed by atoms with Gasteiger partial charge in [0.05, 0.1) is 6.10 Å². The molecule has 1 aromatic rings. The predicted molar refractivity (Wildman–Crippen MR) is 79.4 cm³/mol. The van der Waals surface area contributed by atoms with E-state index in [1.807, 2.05) is 0 Å². The maximum atomic E-state index is 12.3. The standard InChI is InChI=1S/C13H19NO5S2/c1-9-8-20-11(13(15)16)12(9)21(17,18)14-6-5-10-4-2-3-7-19-10/h8,10,14H,2-7H2,1H3,(H,15,16). The van der Waals surface area contributed by atoms with Crippen LogP contribution >= 0.6 is 11.3 Å². The van der Waals surface area contributed by atoms with E-state index in [2.05, 4.69) is 4.72 Å². The largest absolute Gasteiger partial charge is 0.477 e. The highest BCUT2D eigenvalue weighted by molar-refractivity contribution is 7.89. The number of thiophene rings is 1. The molecule has 1 aromatic heterocycles. The molecule has 2 rings (SSSR count). The van der Waals surface area contributed by atoms with Gasteiger partial charge in [0.25, 0.3) is 0 Å². The van der Waals surface area contributed by atoms with Crippen LogP contribution in [0.5, 0.6) is 0 Å². The first-order valence-corrected chi connectivity index (χ1v) is 9.21. The first-order chi connectivity index (χ1) is 9.92. The number of carbonyl (C=O) groups is 1. The van der Waals surface area contributed by atoms with E-state index in [0.717, 1.165) is 37.2 Å².